The summed E-state index contributed by atoms with van der Waals surface area (Å²) in [6.45, 7) is 3.34. The van der Waals surface area contributed by atoms with Gasteiger partial charge in [0.25, 0.3) is 0 Å². The number of rotatable bonds is 9. The van der Waals surface area contributed by atoms with Crippen molar-refractivity contribution < 1.29 is 26.4 Å². The molecule has 0 saturated carbocycles. The van der Waals surface area contributed by atoms with E-state index in [2.05, 4.69) is 5.32 Å². The van der Waals surface area contributed by atoms with E-state index in [1.807, 2.05) is 0 Å². The van der Waals surface area contributed by atoms with Crippen LogP contribution in [0.5, 0.6) is 0 Å². The Morgan fingerprint density at radius 3 is 2.37 bits per heavy atom. The van der Waals surface area contributed by atoms with Gasteiger partial charge in [-0.25, -0.2) is 21.6 Å². The van der Waals surface area contributed by atoms with Crippen molar-refractivity contribution in [3.63, 3.8) is 0 Å². The fourth-order valence-electron chi connectivity index (χ4n) is 2.87. The molecule has 0 radical (unpaired) electrons. The molecule has 0 aliphatic carbocycles. The standard InChI is InChI=1S/C22H24F3NO3S/c1-14(10-11-30(3,28)29)8-9-22(27)17-12-20(25)21(13-19(17)24)26-15(2)16-6-4-5-7-18(16)23/h4-7,10-15,26H,8-9H2,1-3H3/b11-10+/t14-,15-/m0/s1. The van der Waals surface area contributed by atoms with Gasteiger partial charge in [-0.15, -0.1) is 0 Å². The van der Waals surface area contributed by atoms with Crippen molar-refractivity contribution >= 4 is 21.3 Å². The van der Waals surface area contributed by atoms with Crippen molar-refractivity contribution in [2.45, 2.75) is 32.7 Å². The number of carbonyl (C=O) groups is 1. The van der Waals surface area contributed by atoms with Crippen LogP contribution in [0.1, 0.15) is 48.7 Å². The number of carbonyl (C=O) groups excluding carboxylic acids is 1. The van der Waals surface area contributed by atoms with Crippen LogP contribution < -0.4 is 5.32 Å². The van der Waals surface area contributed by atoms with Crippen LogP contribution in [0.15, 0.2) is 47.9 Å². The molecule has 0 unspecified atom stereocenters. The van der Waals surface area contributed by atoms with E-state index < -0.39 is 39.1 Å². The summed E-state index contributed by atoms with van der Waals surface area (Å²) in [6, 6.07) is 7.07. The van der Waals surface area contributed by atoms with Crippen LogP contribution in [0.3, 0.4) is 0 Å². The van der Waals surface area contributed by atoms with E-state index >= 15 is 0 Å². The van der Waals surface area contributed by atoms with Gasteiger partial charge in [-0.3, -0.25) is 4.79 Å². The number of hydrogen-bond donors (Lipinski definition) is 1. The first-order valence-electron chi connectivity index (χ1n) is 9.39. The minimum atomic E-state index is -3.27. The molecule has 0 aliphatic rings. The predicted molar refractivity (Wildman–Crippen MR) is 112 cm³/mol. The molecule has 0 saturated heterocycles. The van der Waals surface area contributed by atoms with Gasteiger partial charge in [0.15, 0.2) is 15.6 Å². The number of sulfone groups is 1. The van der Waals surface area contributed by atoms with E-state index in [1.54, 1.807) is 26.0 Å². The summed E-state index contributed by atoms with van der Waals surface area (Å²) >= 11 is 0. The maximum Gasteiger partial charge on any atom is 0.168 e. The highest BCUT2D eigenvalue weighted by atomic mass is 32.2. The van der Waals surface area contributed by atoms with E-state index in [0.717, 1.165) is 23.8 Å². The van der Waals surface area contributed by atoms with Gasteiger partial charge in [0.2, 0.25) is 0 Å². The summed E-state index contributed by atoms with van der Waals surface area (Å²) in [4.78, 5) is 12.3. The molecule has 0 aliphatic heterocycles. The Kier molecular flexibility index (Phi) is 7.83. The minimum absolute atomic E-state index is 0.0654. The van der Waals surface area contributed by atoms with Gasteiger partial charge < -0.3 is 5.32 Å². The molecule has 0 heterocycles. The normalized spacial score (nSPS) is 13.9. The van der Waals surface area contributed by atoms with Gasteiger partial charge in [-0.1, -0.05) is 31.2 Å². The third-order valence-electron chi connectivity index (χ3n) is 4.58. The topological polar surface area (TPSA) is 63.2 Å². The van der Waals surface area contributed by atoms with Crippen LogP contribution in [0.4, 0.5) is 18.9 Å². The van der Waals surface area contributed by atoms with Gasteiger partial charge in [0.05, 0.1) is 17.3 Å². The van der Waals surface area contributed by atoms with Crippen LogP contribution >= 0.6 is 0 Å². The molecule has 0 spiro atoms. The summed E-state index contributed by atoms with van der Waals surface area (Å²) in [5, 5.41) is 3.78. The molecule has 2 aromatic rings. The number of allylic oxidation sites excluding steroid dienone is 1. The average molecular weight is 439 g/mol. The van der Waals surface area contributed by atoms with Gasteiger partial charge in [-0.05, 0) is 31.4 Å². The molecule has 1 N–H and O–H groups in total. The Balaban J connectivity index is 2.09. The van der Waals surface area contributed by atoms with Crippen LogP contribution in [0.25, 0.3) is 0 Å². The molecule has 4 nitrogen and oxygen atoms in total. The lowest BCUT2D eigenvalue weighted by molar-refractivity contribution is 0.0972. The molecule has 2 rings (SSSR count). The highest BCUT2D eigenvalue weighted by Crippen LogP contribution is 2.26. The maximum absolute atomic E-state index is 14.5. The maximum atomic E-state index is 14.5. The van der Waals surface area contributed by atoms with Crippen molar-refractivity contribution in [3.05, 3.63) is 76.5 Å². The Labute approximate surface area is 174 Å². The van der Waals surface area contributed by atoms with Crippen molar-refractivity contribution in [1.29, 1.82) is 0 Å². The number of nitrogens with one attached hydrogen (secondary N) is 1. The van der Waals surface area contributed by atoms with E-state index in [0.29, 0.717) is 5.56 Å². The third kappa shape index (κ3) is 6.73. The molecule has 0 aromatic heterocycles. The largest absolute Gasteiger partial charge is 0.376 e. The van der Waals surface area contributed by atoms with E-state index in [1.165, 1.54) is 18.2 Å². The number of Topliss-reactive ketones (excluding diaryl/α,β-unsaturated/α-hetero) is 1. The Bertz CT molecular complexity index is 1050. The number of ketones is 1. The van der Waals surface area contributed by atoms with Crippen molar-refractivity contribution in [1.82, 2.24) is 0 Å². The fourth-order valence-corrected chi connectivity index (χ4v) is 3.43. The third-order valence-corrected chi connectivity index (χ3v) is 5.23. The Morgan fingerprint density at radius 2 is 1.73 bits per heavy atom. The van der Waals surface area contributed by atoms with E-state index in [-0.39, 0.29) is 30.0 Å². The summed E-state index contributed by atoms with van der Waals surface area (Å²) in [6.07, 6.45) is 2.74. The zero-order valence-electron chi connectivity index (χ0n) is 17.0. The molecule has 0 fully saturated rings. The first-order chi connectivity index (χ1) is 14.0. The van der Waals surface area contributed by atoms with Gasteiger partial charge in [0.1, 0.15) is 17.5 Å². The van der Waals surface area contributed by atoms with Crippen molar-refractivity contribution in [2.24, 2.45) is 5.92 Å². The quantitative estimate of drug-likeness (QED) is 0.529. The molecule has 162 valence electrons. The Morgan fingerprint density at radius 1 is 1.07 bits per heavy atom. The first kappa shape index (κ1) is 23.7. The van der Waals surface area contributed by atoms with Crippen LogP contribution in [-0.4, -0.2) is 20.5 Å². The molecule has 2 atom stereocenters. The fraction of sp³-hybridized carbons (Fsp3) is 0.318. The number of hydrogen-bond acceptors (Lipinski definition) is 4. The molecular weight excluding hydrogens is 415 g/mol. The summed E-state index contributed by atoms with van der Waals surface area (Å²) in [5.74, 6) is -2.99. The highest BCUT2D eigenvalue weighted by Gasteiger charge is 2.19. The van der Waals surface area contributed by atoms with Crippen LogP contribution in [0.2, 0.25) is 0 Å². The predicted octanol–water partition coefficient (Wildman–Crippen LogP) is 5.43. The summed E-state index contributed by atoms with van der Waals surface area (Å²) in [5.41, 5.74) is -0.256. The molecule has 30 heavy (non-hydrogen) atoms. The molecule has 2 aromatic carbocycles. The Hall–Kier alpha value is -2.61. The van der Waals surface area contributed by atoms with Crippen LogP contribution in [-0.2, 0) is 9.84 Å². The first-order valence-corrected chi connectivity index (χ1v) is 11.3. The lowest BCUT2D eigenvalue weighted by Gasteiger charge is -2.17. The van der Waals surface area contributed by atoms with Crippen LogP contribution in [0, 0.1) is 23.4 Å². The SMILES string of the molecule is C[C@H](/C=C/S(C)(=O)=O)CCC(=O)c1cc(F)c(N[C@@H](C)c2ccccc2F)cc1F. The van der Waals surface area contributed by atoms with Crippen molar-refractivity contribution in [3.8, 4) is 0 Å². The number of anilines is 1. The van der Waals surface area contributed by atoms with Crippen molar-refractivity contribution in [2.75, 3.05) is 11.6 Å². The summed E-state index contributed by atoms with van der Waals surface area (Å²) < 4.78 is 65.0. The number of benzene rings is 2. The minimum Gasteiger partial charge on any atom is -0.376 e. The zero-order chi connectivity index (χ0) is 22.5. The molecule has 8 heteroatoms. The average Bonchev–Trinajstić information content (AvgIpc) is 2.66. The smallest absolute Gasteiger partial charge is 0.168 e. The van der Waals surface area contributed by atoms with E-state index in [4.69, 9.17) is 0 Å². The summed E-state index contributed by atoms with van der Waals surface area (Å²) in [7, 11) is -3.27. The molecular formula is C22H24F3NO3S. The van der Waals surface area contributed by atoms with Gasteiger partial charge >= 0.3 is 0 Å². The zero-order valence-corrected chi connectivity index (χ0v) is 17.8. The van der Waals surface area contributed by atoms with Gasteiger partial charge in [0, 0.05) is 29.7 Å². The lowest BCUT2D eigenvalue weighted by atomic mass is 9.99. The van der Waals surface area contributed by atoms with E-state index in [9.17, 15) is 26.4 Å². The lowest BCUT2D eigenvalue weighted by Crippen LogP contribution is -2.12. The molecule has 0 bridgehead atoms. The molecule has 0 amide bonds. The number of halogens is 3. The van der Waals surface area contributed by atoms with Gasteiger partial charge in [-0.2, -0.15) is 0 Å². The second kappa shape index (κ2) is 9.93. The monoisotopic (exact) mass is 439 g/mol. The highest BCUT2D eigenvalue weighted by molar-refractivity contribution is 7.93. The second-order valence-electron chi connectivity index (χ2n) is 7.30. The second-order valence-corrected chi connectivity index (χ2v) is 9.23.